The first kappa shape index (κ1) is 15.6. The number of fused-ring (bicyclic) bond motifs is 1. The molecule has 5 nitrogen and oxygen atoms in total. The molecule has 0 radical (unpaired) electrons. The molecule has 9 heteroatoms. The van der Waals surface area contributed by atoms with Crippen LogP contribution in [0.2, 0.25) is 0 Å². The molecule has 0 aliphatic carbocycles. The number of benzene rings is 1. The summed E-state index contributed by atoms with van der Waals surface area (Å²) >= 11 is 5.95. The highest BCUT2D eigenvalue weighted by Gasteiger charge is 2.27. The van der Waals surface area contributed by atoms with E-state index in [9.17, 15) is 22.8 Å². The summed E-state index contributed by atoms with van der Waals surface area (Å²) in [4.78, 5) is 27.1. The van der Waals surface area contributed by atoms with Gasteiger partial charge >= 0.3 is 17.3 Å². The van der Waals surface area contributed by atoms with Gasteiger partial charge < -0.3 is 14.7 Å². The predicted molar refractivity (Wildman–Crippen MR) is 70.7 cm³/mol. The molecular formula is C12H10ClF3N2O3. The van der Waals surface area contributed by atoms with Crippen LogP contribution in [-0.2, 0) is 4.74 Å². The fourth-order valence-corrected chi connectivity index (χ4v) is 1.93. The lowest BCUT2D eigenvalue weighted by atomic mass is 10.1. The van der Waals surface area contributed by atoms with Crippen LogP contribution in [0.4, 0.5) is 13.2 Å². The van der Waals surface area contributed by atoms with E-state index in [0.717, 1.165) is 0 Å². The Kier molecular flexibility index (Phi) is 4.38. The van der Waals surface area contributed by atoms with Crippen molar-refractivity contribution in [2.24, 2.45) is 0 Å². The maximum Gasteiger partial charge on any atom is 0.411 e. The first-order valence-corrected chi connectivity index (χ1v) is 6.25. The first-order valence-electron chi connectivity index (χ1n) is 5.81. The molecule has 2 N–H and O–H groups in total. The molecule has 0 bridgehead atoms. The van der Waals surface area contributed by atoms with E-state index >= 15 is 0 Å². The maximum atomic E-state index is 12.0. The Morgan fingerprint density at radius 2 is 1.76 bits per heavy atom. The van der Waals surface area contributed by atoms with Gasteiger partial charge in [0.1, 0.15) is 6.61 Å². The molecular weight excluding hydrogens is 313 g/mol. The second-order valence-electron chi connectivity index (χ2n) is 4.31. The SMILES string of the molecule is O=c1[nH]c2ccc(C(Cl)COCC(F)(F)F)cc2[nH]c1=O. The van der Waals surface area contributed by atoms with Gasteiger partial charge in [0.15, 0.2) is 0 Å². The van der Waals surface area contributed by atoms with Gasteiger partial charge in [0, 0.05) is 0 Å². The Hall–Kier alpha value is -1.80. The van der Waals surface area contributed by atoms with Gasteiger partial charge in [0.05, 0.1) is 23.0 Å². The van der Waals surface area contributed by atoms with Crippen LogP contribution in [0.25, 0.3) is 11.0 Å². The van der Waals surface area contributed by atoms with Crippen LogP contribution in [0.5, 0.6) is 0 Å². The molecule has 114 valence electrons. The van der Waals surface area contributed by atoms with Gasteiger partial charge in [-0.2, -0.15) is 13.2 Å². The highest BCUT2D eigenvalue weighted by Crippen LogP contribution is 2.24. The molecule has 0 aliphatic heterocycles. The number of rotatable bonds is 4. The predicted octanol–water partition coefficient (Wildman–Crippen LogP) is 2.08. The minimum atomic E-state index is -4.41. The van der Waals surface area contributed by atoms with Crippen molar-refractivity contribution in [3.05, 3.63) is 44.5 Å². The maximum absolute atomic E-state index is 12.0. The minimum Gasteiger partial charge on any atom is -0.370 e. The zero-order valence-electron chi connectivity index (χ0n) is 10.5. The summed E-state index contributed by atoms with van der Waals surface area (Å²) in [6.45, 7) is -1.71. The Morgan fingerprint density at radius 1 is 1.14 bits per heavy atom. The number of halogens is 4. The zero-order chi connectivity index (χ0) is 15.6. The lowest BCUT2D eigenvalue weighted by Gasteiger charge is -2.12. The number of aromatic amines is 2. The Morgan fingerprint density at radius 3 is 2.38 bits per heavy atom. The lowest BCUT2D eigenvalue weighted by Crippen LogP contribution is -2.28. The molecule has 0 spiro atoms. The average molecular weight is 323 g/mol. The summed E-state index contributed by atoms with van der Waals surface area (Å²) in [5.41, 5.74) is -0.415. The van der Waals surface area contributed by atoms with E-state index in [2.05, 4.69) is 14.7 Å². The van der Waals surface area contributed by atoms with Crippen molar-refractivity contribution in [1.29, 1.82) is 0 Å². The third kappa shape index (κ3) is 4.08. The second-order valence-corrected chi connectivity index (χ2v) is 4.84. The van der Waals surface area contributed by atoms with Gasteiger partial charge in [-0.3, -0.25) is 9.59 Å². The van der Waals surface area contributed by atoms with Crippen LogP contribution in [0.15, 0.2) is 27.8 Å². The normalized spacial score (nSPS) is 13.5. The molecule has 1 aromatic heterocycles. The molecule has 0 fully saturated rings. The van der Waals surface area contributed by atoms with Crippen LogP contribution < -0.4 is 11.1 Å². The summed E-state index contributed by atoms with van der Waals surface area (Å²) in [5, 5.41) is -0.813. The van der Waals surface area contributed by atoms with Crippen molar-refractivity contribution in [3.63, 3.8) is 0 Å². The van der Waals surface area contributed by atoms with Crippen molar-refractivity contribution in [2.45, 2.75) is 11.6 Å². The van der Waals surface area contributed by atoms with Crippen LogP contribution in [0, 0.1) is 0 Å². The standard InChI is InChI=1S/C12H10ClF3N2O3/c13-7(4-21-5-12(14,15)16)6-1-2-8-9(3-6)18-11(20)10(19)17-8/h1-3,7H,4-5H2,(H,17,19)(H,18,20). The van der Waals surface area contributed by atoms with Crippen LogP contribution >= 0.6 is 11.6 Å². The Labute approximate surface area is 120 Å². The summed E-state index contributed by atoms with van der Waals surface area (Å²) < 4.78 is 40.4. The Balaban J connectivity index is 2.16. The van der Waals surface area contributed by atoms with Gasteiger partial charge in [-0.15, -0.1) is 11.6 Å². The number of alkyl halides is 4. The van der Waals surface area contributed by atoms with Crippen molar-refractivity contribution >= 4 is 22.6 Å². The molecule has 1 unspecified atom stereocenters. The number of ether oxygens (including phenoxy) is 1. The summed E-state index contributed by atoms with van der Waals surface area (Å²) in [7, 11) is 0. The molecule has 0 saturated carbocycles. The molecule has 0 saturated heterocycles. The molecule has 1 heterocycles. The van der Waals surface area contributed by atoms with Gasteiger partial charge in [-0.05, 0) is 17.7 Å². The van der Waals surface area contributed by atoms with E-state index in [4.69, 9.17) is 11.6 Å². The summed E-state index contributed by atoms with van der Waals surface area (Å²) in [6.07, 6.45) is -4.41. The molecule has 21 heavy (non-hydrogen) atoms. The van der Waals surface area contributed by atoms with Crippen LogP contribution in [0.3, 0.4) is 0 Å². The largest absolute Gasteiger partial charge is 0.411 e. The first-order chi connectivity index (χ1) is 9.76. The van der Waals surface area contributed by atoms with Crippen molar-refractivity contribution < 1.29 is 17.9 Å². The third-order valence-electron chi connectivity index (χ3n) is 2.64. The molecule has 2 rings (SSSR count). The summed E-state index contributed by atoms with van der Waals surface area (Å²) in [5.74, 6) is 0. The van der Waals surface area contributed by atoms with E-state index in [1.807, 2.05) is 0 Å². The second kappa shape index (κ2) is 5.90. The number of hydrogen-bond donors (Lipinski definition) is 2. The van der Waals surface area contributed by atoms with Crippen LogP contribution in [-0.4, -0.2) is 29.4 Å². The van der Waals surface area contributed by atoms with E-state index in [1.165, 1.54) is 18.2 Å². The van der Waals surface area contributed by atoms with Gasteiger partial charge in [0.25, 0.3) is 0 Å². The Bertz CT molecular complexity index is 754. The van der Waals surface area contributed by atoms with E-state index in [1.54, 1.807) is 0 Å². The van der Waals surface area contributed by atoms with E-state index in [0.29, 0.717) is 16.6 Å². The summed E-state index contributed by atoms with van der Waals surface area (Å²) in [6, 6.07) is 4.51. The number of aromatic nitrogens is 2. The average Bonchev–Trinajstić information content (AvgIpc) is 2.38. The zero-order valence-corrected chi connectivity index (χ0v) is 11.2. The number of nitrogens with one attached hydrogen (secondary N) is 2. The van der Waals surface area contributed by atoms with Crippen molar-refractivity contribution in [3.8, 4) is 0 Å². The highest BCUT2D eigenvalue weighted by atomic mass is 35.5. The molecule has 1 aromatic carbocycles. The monoisotopic (exact) mass is 322 g/mol. The van der Waals surface area contributed by atoms with Crippen molar-refractivity contribution in [1.82, 2.24) is 9.97 Å². The van der Waals surface area contributed by atoms with E-state index in [-0.39, 0.29) is 6.61 Å². The number of hydrogen-bond acceptors (Lipinski definition) is 3. The smallest absolute Gasteiger partial charge is 0.370 e. The molecule has 2 aromatic rings. The lowest BCUT2D eigenvalue weighted by molar-refractivity contribution is -0.173. The van der Waals surface area contributed by atoms with Crippen LogP contribution in [0.1, 0.15) is 10.9 Å². The molecule has 0 amide bonds. The van der Waals surface area contributed by atoms with Gasteiger partial charge in [0.2, 0.25) is 0 Å². The quantitative estimate of drug-likeness (QED) is 0.668. The fraction of sp³-hybridized carbons (Fsp3) is 0.333. The van der Waals surface area contributed by atoms with Crippen molar-refractivity contribution in [2.75, 3.05) is 13.2 Å². The molecule has 0 aliphatic rings. The topological polar surface area (TPSA) is 75.0 Å². The number of H-pyrrole nitrogens is 2. The third-order valence-corrected chi connectivity index (χ3v) is 3.02. The molecule has 1 atom stereocenters. The fourth-order valence-electron chi connectivity index (χ4n) is 1.70. The minimum absolute atomic E-state index is 0.332. The van der Waals surface area contributed by atoms with E-state index < -0.39 is 29.3 Å². The van der Waals surface area contributed by atoms with Gasteiger partial charge in [-0.25, -0.2) is 0 Å². The van der Waals surface area contributed by atoms with Gasteiger partial charge in [-0.1, -0.05) is 6.07 Å². The highest BCUT2D eigenvalue weighted by molar-refractivity contribution is 6.21.